The number of hydrogen-bond acceptors (Lipinski definition) is 8. The van der Waals surface area contributed by atoms with Gasteiger partial charge in [-0.2, -0.15) is 0 Å². The molecule has 8 nitrogen and oxygen atoms in total. The fraction of sp³-hybridized carbons (Fsp3) is 0.258. The molecule has 1 atom stereocenters. The molecule has 210 valence electrons. The SMILES string of the molecule is CC#C/C(=N\OC[C@H]1COCCN1)c1ccc2ncnc(Nc3ccc(OCC4=CCC(F)=CC=C4)c(Cl)c3)c2c1. The summed E-state index contributed by atoms with van der Waals surface area (Å²) in [5.41, 5.74) is 3.62. The lowest BCUT2D eigenvalue weighted by molar-refractivity contribution is 0.0312. The Morgan fingerprint density at radius 3 is 3.02 bits per heavy atom. The van der Waals surface area contributed by atoms with E-state index in [0.717, 1.165) is 34.3 Å². The fourth-order valence-corrected chi connectivity index (χ4v) is 4.46. The summed E-state index contributed by atoms with van der Waals surface area (Å²) in [6.07, 6.45) is 8.48. The standard InChI is InChI=1S/C31H29ClFN5O3/c1-2-4-28(38-41-19-25-18-39-14-13-34-25)22-8-11-29-26(15-22)31(36-20-35-29)37-24-10-12-30(27(32)16-24)40-17-21-5-3-6-23(33)9-7-21/h3,5-8,10-12,15-16,20,25,34H,9,13-14,17-19H2,1H3,(H,35,36,37)/b38-28+/t25-/m1/s1. The van der Waals surface area contributed by atoms with Crippen molar-refractivity contribution in [2.45, 2.75) is 19.4 Å². The number of morpholine rings is 1. The molecular formula is C31H29ClFN5O3. The molecule has 1 aliphatic carbocycles. The van der Waals surface area contributed by atoms with Gasteiger partial charge in [0.2, 0.25) is 0 Å². The number of nitrogens with one attached hydrogen (secondary N) is 2. The Morgan fingerprint density at radius 2 is 2.20 bits per heavy atom. The van der Waals surface area contributed by atoms with Crippen molar-refractivity contribution in [2.75, 3.05) is 38.3 Å². The van der Waals surface area contributed by atoms with Gasteiger partial charge in [-0.25, -0.2) is 14.4 Å². The molecular weight excluding hydrogens is 545 g/mol. The average molecular weight is 574 g/mol. The van der Waals surface area contributed by atoms with Crippen molar-refractivity contribution in [2.24, 2.45) is 5.16 Å². The van der Waals surface area contributed by atoms with E-state index in [9.17, 15) is 4.39 Å². The molecule has 2 aliphatic rings. The van der Waals surface area contributed by atoms with Crippen molar-refractivity contribution in [1.82, 2.24) is 15.3 Å². The maximum atomic E-state index is 13.4. The molecule has 0 bridgehead atoms. The summed E-state index contributed by atoms with van der Waals surface area (Å²) in [5, 5.41) is 12.2. The van der Waals surface area contributed by atoms with Crippen molar-refractivity contribution >= 4 is 39.7 Å². The smallest absolute Gasteiger partial charge is 0.159 e. The van der Waals surface area contributed by atoms with E-state index in [1.165, 1.54) is 12.4 Å². The van der Waals surface area contributed by atoms with Crippen LogP contribution in [0.15, 0.2) is 83.6 Å². The van der Waals surface area contributed by atoms with Gasteiger partial charge in [-0.3, -0.25) is 0 Å². The largest absolute Gasteiger partial charge is 0.487 e. The molecule has 10 heteroatoms. The molecule has 1 saturated heterocycles. The number of aromatic nitrogens is 2. The first-order valence-corrected chi connectivity index (χ1v) is 13.6. The van der Waals surface area contributed by atoms with E-state index in [-0.39, 0.29) is 24.9 Å². The number of rotatable bonds is 9. The van der Waals surface area contributed by atoms with Gasteiger partial charge in [0.05, 0.1) is 29.8 Å². The Labute approximate surface area is 242 Å². The zero-order chi connectivity index (χ0) is 28.4. The van der Waals surface area contributed by atoms with Gasteiger partial charge >= 0.3 is 0 Å². The second-order valence-corrected chi connectivity index (χ2v) is 9.71. The summed E-state index contributed by atoms with van der Waals surface area (Å²) in [5.74, 6) is 6.86. The van der Waals surface area contributed by atoms with Crippen LogP contribution in [0, 0.1) is 11.8 Å². The summed E-state index contributed by atoms with van der Waals surface area (Å²) >= 11 is 6.53. The Hall–Kier alpha value is -4.23. The molecule has 2 N–H and O–H groups in total. The molecule has 41 heavy (non-hydrogen) atoms. The molecule has 2 heterocycles. The van der Waals surface area contributed by atoms with E-state index < -0.39 is 0 Å². The van der Waals surface area contributed by atoms with Crippen LogP contribution >= 0.6 is 11.6 Å². The van der Waals surface area contributed by atoms with Crippen molar-refractivity contribution in [3.8, 4) is 17.6 Å². The monoisotopic (exact) mass is 573 g/mol. The lowest BCUT2D eigenvalue weighted by Crippen LogP contribution is -2.43. The Kier molecular flexibility index (Phi) is 9.60. The van der Waals surface area contributed by atoms with Gasteiger partial charge in [-0.05, 0) is 60.9 Å². The minimum atomic E-state index is -0.188. The highest BCUT2D eigenvalue weighted by Gasteiger charge is 2.14. The van der Waals surface area contributed by atoms with Crippen LogP contribution in [0.25, 0.3) is 10.9 Å². The summed E-state index contributed by atoms with van der Waals surface area (Å²) in [7, 11) is 0. The maximum Gasteiger partial charge on any atom is 0.159 e. The number of hydrogen-bond donors (Lipinski definition) is 2. The molecule has 0 unspecified atom stereocenters. The summed E-state index contributed by atoms with van der Waals surface area (Å²) in [6.45, 7) is 4.48. The van der Waals surface area contributed by atoms with Gasteiger partial charge < -0.3 is 24.9 Å². The molecule has 0 amide bonds. The van der Waals surface area contributed by atoms with Crippen LogP contribution in [0.2, 0.25) is 5.02 Å². The predicted molar refractivity (Wildman–Crippen MR) is 159 cm³/mol. The molecule has 1 aliphatic heterocycles. The van der Waals surface area contributed by atoms with E-state index in [0.29, 0.717) is 42.1 Å². The number of anilines is 2. The quantitative estimate of drug-likeness (QED) is 0.188. The van der Waals surface area contributed by atoms with Crippen LogP contribution in [-0.2, 0) is 9.57 Å². The van der Waals surface area contributed by atoms with Crippen LogP contribution in [0.5, 0.6) is 5.75 Å². The average Bonchev–Trinajstić information content (AvgIpc) is 3.20. The molecule has 0 saturated carbocycles. The zero-order valence-corrected chi connectivity index (χ0v) is 23.2. The highest BCUT2D eigenvalue weighted by Crippen LogP contribution is 2.31. The first-order chi connectivity index (χ1) is 20.1. The summed E-state index contributed by atoms with van der Waals surface area (Å²) < 4.78 is 24.8. The fourth-order valence-electron chi connectivity index (χ4n) is 4.23. The first-order valence-electron chi connectivity index (χ1n) is 13.2. The molecule has 0 radical (unpaired) electrons. The van der Waals surface area contributed by atoms with Gasteiger partial charge in [0, 0.05) is 29.6 Å². The predicted octanol–water partition coefficient (Wildman–Crippen LogP) is 5.88. The molecule has 3 aromatic rings. The number of benzene rings is 2. The summed E-state index contributed by atoms with van der Waals surface area (Å²) in [6, 6.07) is 11.2. The molecule has 1 fully saturated rings. The first kappa shape index (κ1) is 28.3. The second kappa shape index (κ2) is 13.9. The minimum Gasteiger partial charge on any atom is -0.487 e. The van der Waals surface area contributed by atoms with Crippen molar-refractivity contribution in [3.05, 3.63) is 89.0 Å². The van der Waals surface area contributed by atoms with E-state index in [1.807, 2.05) is 30.3 Å². The normalized spacial score (nSPS) is 17.1. The third kappa shape index (κ3) is 7.70. The van der Waals surface area contributed by atoms with E-state index in [4.69, 9.17) is 25.9 Å². The third-order valence-corrected chi connectivity index (χ3v) is 6.61. The number of oxime groups is 1. The van der Waals surface area contributed by atoms with Crippen molar-refractivity contribution < 1.29 is 18.7 Å². The van der Waals surface area contributed by atoms with Gasteiger partial charge in [0.15, 0.2) is 5.71 Å². The van der Waals surface area contributed by atoms with Crippen LogP contribution in [0.1, 0.15) is 18.9 Å². The Bertz CT molecular complexity index is 1590. The van der Waals surface area contributed by atoms with E-state index in [2.05, 4.69) is 37.6 Å². The number of halogens is 2. The van der Waals surface area contributed by atoms with Crippen molar-refractivity contribution in [1.29, 1.82) is 0 Å². The van der Waals surface area contributed by atoms with Crippen LogP contribution in [-0.4, -0.2) is 54.7 Å². The number of allylic oxidation sites excluding steroid dienone is 4. The lowest BCUT2D eigenvalue weighted by atomic mass is 10.1. The number of ether oxygens (including phenoxy) is 2. The highest BCUT2D eigenvalue weighted by atomic mass is 35.5. The van der Waals surface area contributed by atoms with E-state index >= 15 is 0 Å². The topological polar surface area (TPSA) is 89.9 Å². The highest BCUT2D eigenvalue weighted by molar-refractivity contribution is 6.32. The number of fused-ring (bicyclic) bond motifs is 1. The minimum absolute atomic E-state index is 0.0837. The molecule has 5 rings (SSSR count). The molecule has 2 aromatic carbocycles. The zero-order valence-electron chi connectivity index (χ0n) is 22.5. The van der Waals surface area contributed by atoms with Crippen LogP contribution in [0.3, 0.4) is 0 Å². The number of nitrogens with zero attached hydrogens (tertiary/aromatic N) is 3. The molecule has 0 spiro atoms. The van der Waals surface area contributed by atoms with Crippen LogP contribution < -0.4 is 15.4 Å². The van der Waals surface area contributed by atoms with Crippen molar-refractivity contribution in [3.63, 3.8) is 0 Å². The van der Waals surface area contributed by atoms with E-state index in [1.54, 1.807) is 31.2 Å². The maximum absolute atomic E-state index is 13.4. The van der Waals surface area contributed by atoms with Crippen LogP contribution in [0.4, 0.5) is 15.9 Å². The molecule has 1 aromatic heterocycles. The van der Waals surface area contributed by atoms with Gasteiger partial charge in [0.25, 0.3) is 0 Å². The van der Waals surface area contributed by atoms with Gasteiger partial charge in [-0.1, -0.05) is 40.9 Å². The van der Waals surface area contributed by atoms with Gasteiger partial charge in [0.1, 0.15) is 36.9 Å². The van der Waals surface area contributed by atoms with Gasteiger partial charge in [-0.15, -0.1) is 0 Å². The summed E-state index contributed by atoms with van der Waals surface area (Å²) in [4.78, 5) is 14.5. The third-order valence-electron chi connectivity index (χ3n) is 6.32. The lowest BCUT2D eigenvalue weighted by Gasteiger charge is -2.22. The second-order valence-electron chi connectivity index (χ2n) is 9.31. The Balaban J connectivity index is 1.31. The Morgan fingerprint density at radius 1 is 1.27 bits per heavy atom.